The van der Waals surface area contributed by atoms with Crippen molar-refractivity contribution in [3.63, 3.8) is 0 Å². The van der Waals surface area contributed by atoms with Crippen LogP contribution in [0.4, 0.5) is 5.13 Å². The average Bonchev–Trinajstić information content (AvgIpc) is 3.17. The van der Waals surface area contributed by atoms with Crippen molar-refractivity contribution in [1.82, 2.24) is 15.2 Å². The lowest BCUT2D eigenvalue weighted by Gasteiger charge is -2.03. The second kappa shape index (κ2) is 6.24. The molecule has 1 unspecified atom stereocenters. The van der Waals surface area contributed by atoms with Gasteiger partial charge in [-0.25, -0.2) is 0 Å². The van der Waals surface area contributed by atoms with E-state index in [2.05, 4.69) is 20.5 Å². The molecule has 3 heterocycles. The molecule has 0 bridgehead atoms. The number of anilines is 1. The fourth-order valence-corrected chi connectivity index (χ4v) is 2.92. The summed E-state index contributed by atoms with van der Waals surface area (Å²) in [6, 6.07) is 1.18. The summed E-state index contributed by atoms with van der Waals surface area (Å²) in [5, 5.41) is 11.7. The van der Waals surface area contributed by atoms with Crippen LogP contribution < -0.4 is 15.5 Å². The highest BCUT2D eigenvalue weighted by Gasteiger charge is 2.22. The first-order valence-corrected chi connectivity index (χ1v) is 7.52. The van der Waals surface area contributed by atoms with E-state index in [0.717, 1.165) is 24.5 Å². The molecule has 1 atom stereocenters. The van der Waals surface area contributed by atoms with E-state index < -0.39 is 5.91 Å². The minimum absolute atomic E-state index is 0.0380. The summed E-state index contributed by atoms with van der Waals surface area (Å²) < 4.78 is 10.4. The van der Waals surface area contributed by atoms with Crippen LogP contribution in [0.3, 0.4) is 0 Å². The van der Waals surface area contributed by atoms with Crippen molar-refractivity contribution in [1.29, 1.82) is 0 Å². The zero-order chi connectivity index (χ0) is 15.5. The number of nitrogens with zero attached hydrogens (tertiary/aromatic N) is 2. The summed E-state index contributed by atoms with van der Waals surface area (Å²) in [6.45, 7) is 0.721. The van der Waals surface area contributed by atoms with Crippen LogP contribution in [-0.2, 0) is 4.74 Å². The smallest absolute Gasteiger partial charge is 0.274 e. The number of carbonyl (C=O) groups is 1. The van der Waals surface area contributed by atoms with Gasteiger partial charge in [-0.3, -0.25) is 14.9 Å². The number of amides is 1. The highest BCUT2D eigenvalue weighted by atomic mass is 32.1. The van der Waals surface area contributed by atoms with Gasteiger partial charge in [-0.1, -0.05) is 11.3 Å². The highest BCUT2D eigenvalue weighted by molar-refractivity contribution is 7.15. The number of rotatable bonds is 4. The number of nitrogens with one attached hydrogen (secondary N) is 2. The minimum atomic E-state index is -0.463. The molecule has 116 valence electrons. The first-order chi connectivity index (χ1) is 10.7. The molecule has 1 aliphatic rings. The third-order valence-electron chi connectivity index (χ3n) is 3.21. The topological polar surface area (TPSA) is 106 Å². The van der Waals surface area contributed by atoms with Crippen LogP contribution >= 0.6 is 11.3 Å². The van der Waals surface area contributed by atoms with Crippen molar-refractivity contribution >= 4 is 22.4 Å². The van der Waals surface area contributed by atoms with Gasteiger partial charge in [0, 0.05) is 18.9 Å². The largest absolute Gasteiger partial charge is 0.491 e. The van der Waals surface area contributed by atoms with Crippen molar-refractivity contribution < 1.29 is 14.3 Å². The van der Waals surface area contributed by atoms with E-state index >= 15 is 0 Å². The van der Waals surface area contributed by atoms with Crippen molar-refractivity contribution in [2.24, 2.45) is 0 Å². The van der Waals surface area contributed by atoms with Crippen LogP contribution in [0.2, 0.25) is 0 Å². The zero-order valence-electron chi connectivity index (χ0n) is 11.8. The quantitative estimate of drug-likeness (QED) is 0.880. The molecule has 2 N–H and O–H groups in total. The number of hydrogen-bond acceptors (Lipinski definition) is 7. The molecule has 0 aromatic carbocycles. The lowest BCUT2D eigenvalue weighted by Crippen LogP contribution is -2.17. The fourth-order valence-electron chi connectivity index (χ4n) is 2.10. The van der Waals surface area contributed by atoms with Gasteiger partial charge in [0.25, 0.3) is 5.91 Å². The molecule has 0 spiro atoms. The number of ether oxygens (including phenoxy) is 2. The summed E-state index contributed by atoms with van der Waals surface area (Å²) >= 11 is 1.27. The van der Waals surface area contributed by atoms with Crippen LogP contribution in [0.1, 0.15) is 34.4 Å². The number of aromatic amines is 1. The summed E-state index contributed by atoms with van der Waals surface area (Å²) in [6.07, 6.45) is 3.21. The molecule has 2 aromatic heterocycles. The summed E-state index contributed by atoms with van der Waals surface area (Å²) in [5.41, 5.74) is -0.247. The summed E-state index contributed by atoms with van der Waals surface area (Å²) in [5.74, 6) is -0.317. The lowest BCUT2D eigenvalue weighted by molar-refractivity contribution is 0.102. The third-order valence-corrected chi connectivity index (χ3v) is 4.14. The highest BCUT2D eigenvalue weighted by Crippen LogP contribution is 2.31. The molecule has 1 fully saturated rings. The second-order valence-corrected chi connectivity index (χ2v) is 5.69. The van der Waals surface area contributed by atoms with Crippen LogP contribution in [0.25, 0.3) is 0 Å². The van der Waals surface area contributed by atoms with Gasteiger partial charge in [0.05, 0.1) is 7.11 Å². The van der Waals surface area contributed by atoms with Crippen molar-refractivity contribution in [3.05, 3.63) is 33.2 Å². The van der Waals surface area contributed by atoms with Gasteiger partial charge >= 0.3 is 0 Å². The first kappa shape index (κ1) is 14.7. The summed E-state index contributed by atoms with van der Waals surface area (Å²) in [4.78, 5) is 26.4. The van der Waals surface area contributed by atoms with Crippen LogP contribution in [0, 0.1) is 0 Å². The molecular formula is C13H14N4O4S. The Morgan fingerprint density at radius 3 is 3.09 bits per heavy atom. The van der Waals surface area contributed by atoms with Crippen LogP contribution in [0.15, 0.2) is 17.1 Å². The molecule has 1 aliphatic heterocycles. The van der Waals surface area contributed by atoms with E-state index in [9.17, 15) is 9.59 Å². The monoisotopic (exact) mass is 322 g/mol. The molecule has 0 aliphatic carbocycles. The van der Waals surface area contributed by atoms with Gasteiger partial charge in [0.1, 0.15) is 16.8 Å². The number of pyridine rings is 1. The van der Waals surface area contributed by atoms with Crippen molar-refractivity contribution in [2.45, 2.75) is 18.9 Å². The Kier molecular flexibility index (Phi) is 4.16. The van der Waals surface area contributed by atoms with Gasteiger partial charge in [0.2, 0.25) is 10.6 Å². The normalized spacial score (nSPS) is 17.4. The number of aromatic nitrogens is 3. The summed E-state index contributed by atoms with van der Waals surface area (Å²) in [7, 11) is 1.39. The van der Waals surface area contributed by atoms with Gasteiger partial charge < -0.3 is 14.5 Å². The SMILES string of the molecule is COc1c[nH]c(C(=O)Nc2nnc(C3CCCO3)s2)cc1=O. The van der Waals surface area contributed by atoms with E-state index in [1.165, 1.54) is 30.7 Å². The molecule has 0 radical (unpaired) electrons. The van der Waals surface area contributed by atoms with E-state index in [-0.39, 0.29) is 23.0 Å². The fraction of sp³-hybridized carbons (Fsp3) is 0.385. The van der Waals surface area contributed by atoms with Gasteiger partial charge in [0.15, 0.2) is 5.75 Å². The van der Waals surface area contributed by atoms with Crippen LogP contribution in [-0.4, -0.2) is 34.8 Å². The second-order valence-electron chi connectivity index (χ2n) is 4.68. The Morgan fingerprint density at radius 1 is 1.55 bits per heavy atom. The minimum Gasteiger partial charge on any atom is -0.491 e. The Morgan fingerprint density at radius 2 is 2.41 bits per heavy atom. The number of methoxy groups -OCH3 is 1. The Balaban J connectivity index is 1.71. The van der Waals surface area contributed by atoms with E-state index in [1.54, 1.807) is 0 Å². The van der Waals surface area contributed by atoms with Gasteiger partial charge in [-0.2, -0.15) is 0 Å². The average molecular weight is 322 g/mol. The van der Waals surface area contributed by atoms with Crippen LogP contribution in [0.5, 0.6) is 5.75 Å². The van der Waals surface area contributed by atoms with E-state index in [4.69, 9.17) is 9.47 Å². The predicted octanol–water partition coefficient (Wildman–Crippen LogP) is 1.34. The molecule has 22 heavy (non-hydrogen) atoms. The Bertz CT molecular complexity index is 736. The van der Waals surface area contributed by atoms with E-state index in [1.807, 2.05) is 0 Å². The lowest BCUT2D eigenvalue weighted by atomic mass is 10.2. The maximum absolute atomic E-state index is 12.1. The molecule has 0 saturated carbocycles. The van der Waals surface area contributed by atoms with Gasteiger partial charge in [-0.05, 0) is 12.8 Å². The maximum Gasteiger partial charge on any atom is 0.274 e. The number of carbonyl (C=O) groups excluding carboxylic acids is 1. The molecule has 8 nitrogen and oxygen atoms in total. The maximum atomic E-state index is 12.1. The molecule has 1 saturated heterocycles. The third kappa shape index (κ3) is 3.00. The number of hydrogen-bond donors (Lipinski definition) is 2. The van der Waals surface area contributed by atoms with Gasteiger partial charge in [-0.15, -0.1) is 10.2 Å². The zero-order valence-corrected chi connectivity index (χ0v) is 12.6. The molecule has 3 rings (SSSR count). The van der Waals surface area contributed by atoms with Crippen molar-refractivity contribution in [3.8, 4) is 5.75 Å². The Labute approximate surface area is 129 Å². The standard InChI is InChI=1S/C13H14N4O4S/c1-20-10-6-14-7(5-8(10)18)11(19)15-13-17-16-12(22-13)9-3-2-4-21-9/h5-6,9H,2-4H2,1H3,(H,14,18)(H,15,17,19). The first-order valence-electron chi connectivity index (χ1n) is 6.70. The van der Waals surface area contributed by atoms with E-state index in [0.29, 0.717) is 5.13 Å². The Hall–Kier alpha value is -2.26. The molecular weight excluding hydrogens is 308 g/mol. The predicted molar refractivity (Wildman–Crippen MR) is 79.4 cm³/mol. The molecule has 1 amide bonds. The molecule has 2 aromatic rings. The van der Waals surface area contributed by atoms with Crippen molar-refractivity contribution in [2.75, 3.05) is 19.0 Å². The molecule has 9 heteroatoms. The number of H-pyrrole nitrogens is 1.